The Kier molecular flexibility index (Phi) is 6.55. The first-order valence-electron chi connectivity index (χ1n) is 8.67. The van der Waals surface area contributed by atoms with Crippen molar-refractivity contribution in [1.29, 1.82) is 0 Å². The number of piperazine rings is 1. The predicted octanol–water partition coefficient (Wildman–Crippen LogP) is 1.28. The van der Waals surface area contributed by atoms with Crippen molar-refractivity contribution in [3.05, 3.63) is 52.8 Å². The molecule has 1 fully saturated rings. The third-order valence-corrected chi connectivity index (χ3v) is 5.11. The summed E-state index contributed by atoms with van der Waals surface area (Å²) >= 11 is 5.89. The largest absolute Gasteiger partial charge is 0.496 e. The van der Waals surface area contributed by atoms with Crippen LogP contribution in [0.3, 0.4) is 0 Å². The molecule has 1 aliphatic heterocycles. The average Bonchev–Trinajstić information content (AvgIpc) is 2.72. The van der Waals surface area contributed by atoms with Gasteiger partial charge in [-0.15, -0.1) is 0 Å². The molecule has 0 aliphatic carbocycles. The van der Waals surface area contributed by atoms with Crippen LogP contribution in [0.4, 0.5) is 5.69 Å². The minimum Gasteiger partial charge on any atom is -0.496 e. The van der Waals surface area contributed by atoms with E-state index in [9.17, 15) is 18.0 Å². The van der Waals surface area contributed by atoms with E-state index < -0.39 is 10.9 Å². The molecular weight excluding hydrogens is 420 g/mol. The maximum atomic E-state index is 12.9. The molecule has 3 rings (SSSR count). The van der Waals surface area contributed by atoms with Gasteiger partial charge in [0, 0.05) is 44.6 Å². The third-order valence-electron chi connectivity index (χ3n) is 4.46. The van der Waals surface area contributed by atoms with Crippen molar-refractivity contribution in [1.82, 2.24) is 14.8 Å². The number of benzene rings is 1. The molecule has 0 radical (unpaired) electrons. The van der Waals surface area contributed by atoms with Crippen LogP contribution in [-0.2, 0) is 10.9 Å². The summed E-state index contributed by atoms with van der Waals surface area (Å²) in [6.07, 6.45) is 2.92. The van der Waals surface area contributed by atoms with Crippen LogP contribution in [0.15, 0.2) is 36.7 Å². The van der Waals surface area contributed by atoms with Crippen LogP contribution < -0.4 is 9.46 Å². The minimum atomic E-state index is -2.82. The number of hydrogen-bond acceptors (Lipinski definition) is 6. The molecule has 29 heavy (non-hydrogen) atoms. The number of hydrogen-bond donors (Lipinski definition) is 2. The highest BCUT2D eigenvalue weighted by molar-refractivity contribution is 7.73. The lowest BCUT2D eigenvalue weighted by atomic mass is 10.1. The SMILES string of the molecule is COc1cc(N[SH](=O)=O)ccc1C(=O)N1CCN(C(=O)c2cncc(Cl)c2)CC1. The quantitative estimate of drug-likeness (QED) is 0.681. The summed E-state index contributed by atoms with van der Waals surface area (Å²) in [5.74, 6) is -0.177. The normalized spacial score (nSPS) is 14.0. The third kappa shape index (κ3) is 4.96. The van der Waals surface area contributed by atoms with Crippen molar-refractivity contribution in [3.63, 3.8) is 0 Å². The molecule has 0 unspecified atom stereocenters. The van der Waals surface area contributed by atoms with E-state index in [2.05, 4.69) is 9.71 Å². The summed E-state index contributed by atoms with van der Waals surface area (Å²) in [4.78, 5) is 32.6. The van der Waals surface area contributed by atoms with Crippen LogP contribution in [-0.4, -0.2) is 68.3 Å². The predicted molar refractivity (Wildman–Crippen MR) is 108 cm³/mol. The molecule has 2 aromatic rings. The summed E-state index contributed by atoms with van der Waals surface area (Å²) in [5, 5.41) is 0.385. The Hall–Kier alpha value is -2.85. The lowest BCUT2D eigenvalue weighted by Crippen LogP contribution is -2.50. The Labute approximate surface area is 174 Å². The van der Waals surface area contributed by atoms with Gasteiger partial charge in [-0.2, -0.15) is 0 Å². The van der Waals surface area contributed by atoms with Crippen LogP contribution >= 0.6 is 11.6 Å². The lowest BCUT2D eigenvalue weighted by Gasteiger charge is -2.35. The van der Waals surface area contributed by atoms with E-state index in [1.165, 1.54) is 37.7 Å². The second-order valence-corrected chi connectivity index (χ2v) is 7.43. The molecule has 0 atom stereocenters. The number of halogens is 1. The van der Waals surface area contributed by atoms with Gasteiger partial charge in [0.1, 0.15) is 5.75 Å². The molecular formula is C18H19ClN4O5S. The molecule has 1 aromatic heterocycles. The van der Waals surface area contributed by atoms with Crippen molar-refractivity contribution >= 4 is 40.0 Å². The zero-order valence-electron chi connectivity index (χ0n) is 15.5. The second-order valence-electron chi connectivity index (χ2n) is 6.26. The Bertz CT molecular complexity index is 997. The van der Waals surface area contributed by atoms with Crippen LogP contribution in [0, 0.1) is 0 Å². The molecule has 1 saturated heterocycles. The zero-order valence-corrected chi connectivity index (χ0v) is 17.2. The molecule has 0 spiro atoms. The fourth-order valence-corrected chi connectivity index (χ4v) is 3.56. The number of amides is 2. The Morgan fingerprint density at radius 3 is 2.31 bits per heavy atom. The first kappa shape index (κ1) is 20.9. The maximum absolute atomic E-state index is 12.9. The molecule has 9 nitrogen and oxygen atoms in total. The first-order valence-corrected chi connectivity index (χ1v) is 10.2. The van der Waals surface area contributed by atoms with E-state index in [1.54, 1.807) is 15.9 Å². The number of carbonyl (C=O) groups is 2. The monoisotopic (exact) mass is 438 g/mol. The van der Waals surface area contributed by atoms with Gasteiger partial charge in [-0.1, -0.05) is 11.6 Å². The summed E-state index contributed by atoms with van der Waals surface area (Å²) in [7, 11) is -1.41. The molecule has 0 saturated carbocycles. The number of nitrogens with zero attached hydrogens (tertiary/aromatic N) is 3. The Morgan fingerprint density at radius 2 is 1.72 bits per heavy atom. The first-order chi connectivity index (χ1) is 13.9. The van der Waals surface area contributed by atoms with Crippen LogP contribution in [0.1, 0.15) is 20.7 Å². The highest BCUT2D eigenvalue weighted by Crippen LogP contribution is 2.25. The molecule has 0 bridgehead atoms. The van der Waals surface area contributed by atoms with E-state index in [4.69, 9.17) is 16.3 Å². The second kappa shape index (κ2) is 9.10. The van der Waals surface area contributed by atoms with Crippen molar-refractivity contribution < 1.29 is 22.7 Å². The number of thiol groups is 1. The molecule has 11 heteroatoms. The molecule has 1 aromatic carbocycles. The summed E-state index contributed by atoms with van der Waals surface area (Å²) in [6.45, 7) is 1.45. The van der Waals surface area contributed by atoms with Crippen molar-refractivity contribution in [2.45, 2.75) is 0 Å². The number of pyridine rings is 1. The molecule has 2 heterocycles. The van der Waals surface area contributed by atoms with E-state index in [1.807, 2.05) is 0 Å². The number of nitrogens with one attached hydrogen (secondary N) is 1. The fourth-order valence-electron chi connectivity index (χ4n) is 3.04. The topological polar surface area (TPSA) is 109 Å². The van der Waals surface area contributed by atoms with Gasteiger partial charge < -0.3 is 14.5 Å². The fraction of sp³-hybridized carbons (Fsp3) is 0.278. The van der Waals surface area contributed by atoms with E-state index in [-0.39, 0.29) is 17.6 Å². The van der Waals surface area contributed by atoms with Crippen LogP contribution in [0.5, 0.6) is 5.75 Å². The Morgan fingerprint density at radius 1 is 1.07 bits per heavy atom. The average molecular weight is 439 g/mol. The van der Waals surface area contributed by atoms with Gasteiger partial charge in [0.2, 0.25) is 10.9 Å². The number of ether oxygens (including phenoxy) is 1. The minimum absolute atomic E-state index is 0.188. The van der Waals surface area contributed by atoms with E-state index in [0.717, 1.165) is 0 Å². The van der Waals surface area contributed by atoms with Gasteiger partial charge in [0.15, 0.2) is 0 Å². The maximum Gasteiger partial charge on any atom is 0.257 e. The van der Waals surface area contributed by atoms with Crippen molar-refractivity contribution in [2.24, 2.45) is 0 Å². The number of anilines is 1. The van der Waals surface area contributed by atoms with Crippen molar-refractivity contribution in [3.8, 4) is 5.75 Å². The van der Waals surface area contributed by atoms with Gasteiger partial charge in [0.05, 0.1) is 28.9 Å². The summed E-state index contributed by atoms with van der Waals surface area (Å²) < 4.78 is 29.1. The smallest absolute Gasteiger partial charge is 0.257 e. The number of methoxy groups -OCH3 is 1. The van der Waals surface area contributed by atoms with Gasteiger partial charge in [0.25, 0.3) is 11.8 Å². The van der Waals surface area contributed by atoms with Crippen molar-refractivity contribution in [2.75, 3.05) is 38.0 Å². The lowest BCUT2D eigenvalue weighted by molar-refractivity contribution is 0.0533. The summed E-state index contributed by atoms with van der Waals surface area (Å²) in [6, 6.07) is 6.01. The van der Waals surface area contributed by atoms with Gasteiger partial charge in [-0.05, 0) is 18.2 Å². The van der Waals surface area contributed by atoms with E-state index >= 15 is 0 Å². The zero-order chi connectivity index (χ0) is 21.0. The molecule has 2 amide bonds. The van der Waals surface area contributed by atoms with E-state index in [0.29, 0.717) is 48.0 Å². The number of carbonyl (C=O) groups excluding carboxylic acids is 2. The molecule has 1 N–H and O–H groups in total. The molecule has 154 valence electrons. The van der Waals surface area contributed by atoms with Crippen LogP contribution in [0.2, 0.25) is 5.02 Å². The highest BCUT2D eigenvalue weighted by atomic mass is 35.5. The highest BCUT2D eigenvalue weighted by Gasteiger charge is 2.27. The Balaban J connectivity index is 1.67. The standard InChI is InChI=1S/C18H19ClN4O5S/c1-28-16-9-14(21-29(26)27)2-3-15(16)18(25)23-6-4-22(5-7-23)17(24)12-8-13(19)11-20-10-12/h2-3,8-11,29H,4-7H2,1H3,(H,21,26,27). The number of rotatable bonds is 5. The van der Waals surface area contributed by atoms with Gasteiger partial charge in [-0.25, -0.2) is 8.42 Å². The van der Waals surface area contributed by atoms with Gasteiger partial charge in [-0.3, -0.25) is 19.3 Å². The van der Waals surface area contributed by atoms with Gasteiger partial charge >= 0.3 is 0 Å². The molecule has 1 aliphatic rings. The summed E-state index contributed by atoms with van der Waals surface area (Å²) in [5.41, 5.74) is 1.02. The number of aromatic nitrogens is 1. The van der Waals surface area contributed by atoms with Crippen LogP contribution in [0.25, 0.3) is 0 Å².